The first-order chi connectivity index (χ1) is 5.91. The molecule has 1 atom stereocenters. The number of hydrogen-bond donors (Lipinski definition) is 1. The van der Waals surface area contributed by atoms with Gasteiger partial charge in [-0.05, 0) is 5.92 Å². The highest BCUT2D eigenvalue weighted by Gasteiger charge is 2.29. The Kier molecular flexibility index (Phi) is 4.23. The lowest BCUT2D eigenvalue weighted by Gasteiger charge is -2.26. The fourth-order valence-corrected chi connectivity index (χ4v) is 1.16. The molecular weight excluding hydrogens is 174 g/mol. The molecule has 5 heteroatoms. The number of hydrogen-bond acceptors (Lipinski definition) is 3. The van der Waals surface area contributed by atoms with E-state index >= 15 is 0 Å². The number of rotatable bonds is 3. The van der Waals surface area contributed by atoms with Crippen LogP contribution in [0.2, 0.25) is 0 Å². The zero-order valence-corrected chi connectivity index (χ0v) is 8.27. The molecule has 0 spiro atoms. The number of methoxy groups -OCH3 is 1. The largest absolute Gasteiger partial charge is 0.480 e. The molecular formula is C8H15NO4. The van der Waals surface area contributed by atoms with E-state index in [-0.39, 0.29) is 5.92 Å². The highest BCUT2D eigenvalue weighted by molar-refractivity contribution is 5.80. The number of ether oxygens (including phenoxy) is 1. The summed E-state index contributed by atoms with van der Waals surface area (Å²) in [7, 11) is 2.63. The van der Waals surface area contributed by atoms with Crippen molar-refractivity contribution in [3.8, 4) is 0 Å². The molecule has 0 aliphatic heterocycles. The third-order valence-electron chi connectivity index (χ3n) is 1.76. The molecule has 0 bridgehead atoms. The summed E-state index contributed by atoms with van der Waals surface area (Å²) >= 11 is 0. The Hall–Kier alpha value is -1.26. The summed E-state index contributed by atoms with van der Waals surface area (Å²) in [5.41, 5.74) is 0. The number of carboxylic acids is 1. The minimum absolute atomic E-state index is 0.151. The standard InChI is InChI=1S/C8H15NO4/c1-5(2)6(7(10)11)9(3)8(12)13-4/h5-6H,1-4H3,(H,10,11). The Bertz CT molecular complexity index is 202. The van der Waals surface area contributed by atoms with Crippen LogP contribution in [0.1, 0.15) is 13.8 Å². The van der Waals surface area contributed by atoms with Crippen molar-refractivity contribution in [2.75, 3.05) is 14.2 Å². The van der Waals surface area contributed by atoms with Crippen LogP contribution in [0.5, 0.6) is 0 Å². The fraction of sp³-hybridized carbons (Fsp3) is 0.750. The van der Waals surface area contributed by atoms with E-state index in [9.17, 15) is 9.59 Å². The minimum atomic E-state index is -1.03. The van der Waals surface area contributed by atoms with Gasteiger partial charge < -0.3 is 9.84 Å². The smallest absolute Gasteiger partial charge is 0.409 e. The van der Waals surface area contributed by atoms with E-state index in [1.54, 1.807) is 13.8 Å². The molecule has 1 amide bonds. The molecule has 0 aliphatic carbocycles. The van der Waals surface area contributed by atoms with Crippen LogP contribution in [0, 0.1) is 5.92 Å². The van der Waals surface area contributed by atoms with Crippen molar-refractivity contribution in [1.82, 2.24) is 4.90 Å². The van der Waals surface area contributed by atoms with Gasteiger partial charge in [0.15, 0.2) is 0 Å². The molecule has 0 saturated carbocycles. The van der Waals surface area contributed by atoms with Crippen LogP contribution in [0.4, 0.5) is 4.79 Å². The Balaban J connectivity index is 4.55. The van der Waals surface area contributed by atoms with Gasteiger partial charge in [0.2, 0.25) is 0 Å². The van der Waals surface area contributed by atoms with Crippen LogP contribution >= 0.6 is 0 Å². The first-order valence-electron chi connectivity index (χ1n) is 3.95. The third-order valence-corrected chi connectivity index (χ3v) is 1.76. The second-order valence-corrected chi connectivity index (χ2v) is 3.11. The van der Waals surface area contributed by atoms with Gasteiger partial charge in [0.25, 0.3) is 0 Å². The molecule has 1 unspecified atom stereocenters. The van der Waals surface area contributed by atoms with Crippen molar-refractivity contribution in [2.45, 2.75) is 19.9 Å². The zero-order chi connectivity index (χ0) is 10.6. The molecule has 0 aromatic heterocycles. The second-order valence-electron chi connectivity index (χ2n) is 3.11. The first kappa shape index (κ1) is 11.7. The molecule has 0 heterocycles. The summed E-state index contributed by atoms with van der Waals surface area (Å²) in [6.07, 6.45) is -0.638. The van der Waals surface area contributed by atoms with E-state index in [1.165, 1.54) is 14.2 Å². The van der Waals surface area contributed by atoms with Gasteiger partial charge in [-0.2, -0.15) is 0 Å². The van der Waals surface area contributed by atoms with Gasteiger partial charge in [-0.1, -0.05) is 13.8 Å². The normalized spacial score (nSPS) is 12.4. The lowest BCUT2D eigenvalue weighted by Crippen LogP contribution is -2.45. The van der Waals surface area contributed by atoms with Crippen molar-refractivity contribution < 1.29 is 19.4 Å². The molecule has 76 valence electrons. The fourth-order valence-electron chi connectivity index (χ4n) is 1.16. The average molecular weight is 189 g/mol. The van der Waals surface area contributed by atoms with Gasteiger partial charge in [-0.15, -0.1) is 0 Å². The van der Waals surface area contributed by atoms with E-state index in [0.29, 0.717) is 0 Å². The van der Waals surface area contributed by atoms with Crippen molar-refractivity contribution in [1.29, 1.82) is 0 Å². The molecule has 0 aromatic rings. The van der Waals surface area contributed by atoms with E-state index < -0.39 is 18.1 Å². The van der Waals surface area contributed by atoms with E-state index in [4.69, 9.17) is 5.11 Å². The van der Waals surface area contributed by atoms with Gasteiger partial charge >= 0.3 is 12.1 Å². The number of nitrogens with zero attached hydrogens (tertiary/aromatic N) is 1. The predicted molar refractivity (Wildman–Crippen MR) is 46.4 cm³/mol. The molecule has 0 fully saturated rings. The van der Waals surface area contributed by atoms with E-state index in [2.05, 4.69) is 4.74 Å². The average Bonchev–Trinajstić information content (AvgIpc) is 2.01. The summed E-state index contributed by atoms with van der Waals surface area (Å²) in [4.78, 5) is 22.8. The number of aliphatic carboxylic acids is 1. The van der Waals surface area contributed by atoms with Crippen LogP contribution in [0.3, 0.4) is 0 Å². The van der Waals surface area contributed by atoms with Gasteiger partial charge in [0, 0.05) is 7.05 Å². The van der Waals surface area contributed by atoms with E-state index in [1.807, 2.05) is 0 Å². The molecule has 0 radical (unpaired) electrons. The summed E-state index contributed by atoms with van der Waals surface area (Å²) in [6, 6.07) is -0.840. The van der Waals surface area contributed by atoms with Crippen molar-refractivity contribution in [2.24, 2.45) is 5.92 Å². The first-order valence-corrected chi connectivity index (χ1v) is 3.95. The van der Waals surface area contributed by atoms with Crippen molar-refractivity contribution in [3.05, 3.63) is 0 Å². The molecule has 5 nitrogen and oxygen atoms in total. The summed E-state index contributed by atoms with van der Waals surface area (Å²) in [5.74, 6) is -1.18. The van der Waals surface area contributed by atoms with Crippen LogP contribution in [0.25, 0.3) is 0 Å². The van der Waals surface area contributed by atoms with Gasteiger partial charge in [-0.25, -0.2) is 9.59 Å². The Morgan fingerprint density at radius 3 is 2.08 bits per heavy atom. The summed E-state index contributed by atoms with van der Waals surface area (Å²) < 4.78 is 4.42. The monoisotopic (exact) mass is 189 g/mol. The molecule has 0 aliphatic rings. The topological polar surface area (TPSA) is 66.8 Å². The summed E-state index contributed by atoms with van der Waals surface area (Å²) in [6.45, 7) is 3.47. The van der Waals surface area contributed by atoms with E-state index in [0.717, 1.165) is 4.90 Å². The van der Waals surface area contributed by atoms with Crippen molar-refractivity contribution in [3.63, 3.8) is 0 Å². The highest BCUT2D eigenvalue weighted by atomic mass is 16.5. The summed E-state index contributed by atoms with van der Waals surface area (Å²) in [5, 5.41) is 8.81. The van der Waals surface area contributed by atoms with Gasteiger partial charge in [-0.3, -0.25) is 4.90 Å². The van der Waals surface area contributed by atoms with Gasteiger partial charge in [0.1, 0.15) is 6.04 Å². The number of amides is 1. The lowest BCUT2D eigenvalue weighted by molar-refractivity contribution is -0.143. The number of carboxylic acid groups (broad SMARTS) is 1. The number of carbonyl (C=O) groups excluding carboxylic acids is 1. The number of likely N-dealkylation sites (N-methyl/N-ethyl adjacent to an activating group) is 1. The molecule has 1 N–H and O–H groups in total. The van der Waals surface area contributed by atoms with Crippen LogP contribution < -0.4 is 0 Å². The second kappa shape index (κ2) is 4.69. The maximum absolute atomic E-state index is 11.0. The van der Waals surface area contributed by atoms with Gasteiger partial charge in [0.05, 0.1) is 7.11 Å². The van der Waals surface area contributed by atoms with Crippen LogP contribution in [-0.2, 0) is 9.53 Å². The third kappa shape index (κ3) is 2.93. The quantitative estimate of drug-likeness (QED) is 0.712. The molecule has 0 aromatic carbocycles. The molecule has 0 rings (SSSR count). The lowest BCUT2D eigenvalue weighted by atomic mass is 10.0. The van der Waals surface area contributed by atoms with Crippen molar-refractivity contribution >= 4 is 12.1 Å². The highest BCUT2D eigenvalue weighted by Crippen LogP contribution is 2.10. The predicted octanol–water partition coefficient (Wildman–Crippen LogP) is 0.794. The van der Waals surface area contributed by atoms with Crippen LogP contribution in [-0.4, -0.2) is 42.3 Å². The van der Waals surface area contributed by atoms with Crippen LogP contribution in [0.15, 0.2) is 0 Å². The Morgan fingerprint density at radius 1 is 1.38 bits per heavy atom. The molecule has 13 heavy (non-hydrogen) atoms. The Morgan fingerprint density at radius 2 is 1.85 bits per heavy atom. The zero-order valence-electron chi connectivity index (χ0n) is 8.27. The Labute approximate surface area is 77.3 Å². The minimum Gasteiger partial charge on any atom is -0.480 e. The maximum Gasteiger partial charge on any atom is 0.409 e. The number of carbonyl (C=O) groups is 2. The molecule has 0 saturated heterocycles. The SMILES string of the molecule is COC(=O)N(C)C(C(=O)O)C(C)C. The maximum atomic E-state index is 11.0.